The van der Waals surface area contributed by atoms with Gasteiger partial charge in [-0.25, -0.2) is 4.98 Å². The second-order valence-corrected chi connectivity index (χ2v) is 6.69. The number of carbonyl (C=O) groups excluding carboxylic acids is 1. The number of pyridine rings is 1. The SMILES string of the molecule is Cc1cc(C(=O)N2CCN(CCO)CC2)c2c(C3CC3)noc2n1. The molecule has 1 aliphatic heterocycles. The first-order chi connectivity index (χ1) is 11.7. The van der Waals surface area contributed by atoms with E-state index in [4.69, 9.17) is 9.63 Å². The van der Waals surface area contributed by atoms with E-state index in [1.165, 1.54) is 0 Å². The van der Waals surface area contributed by atoms with Crippen molar-refractivity contribution >= 4 is 17.0 Å². The Balaban J connectivity index is 1.63. The number of aromatic nitrogens is 2. The van der Waals surface area contributed by atoms with E-state index in [0.29, 0.717) is 36.8 Å². The zero-order chi connectivity index (χ0) is 16.7. The van der Waals surface area contributed by atoms with Gasteiger partial charge < -0.3 is 14.5 Å². The molecule has 1 saturated carbocycles. The molecule has 0 radical (unpaired) electrons. The van der Waals surface area contributed by atoms with Crippen LogP contribution in [0.4, 0.5) is 0 Å². The minimum absolute atomic E-state index is 0.0271. The molecular formula is C17H22N4O3. The summed E-state index contributed by atoms with van der Waals surface area (Å²) in [4.78, 5) is 21.5. The van der Waals surface area contributed by atoms with Crippen LogP contribution in [0.5, 0.6) is 0 Å². The number of fused-ring (bicyclic) bond motifs is 1. The van der Waals surface area contributed by atoms with Crippen molar-refractivity contribution < 1.29 is 14.4 Å². The molecule has 0 unspecified atom stereocenters. The van der Waals surface area contributed by atoms with Crippen LogP contribution in [-0.4, -0.2) is 70.3 Å². The van der Waals surface area contributed by atoms with Gasteiger partial charge in [0.15, 0.2) is 0 Å². The third-order valence-electron chi connectivity index (χ3n) is 4.87. The van der Waals surface area contributed by atoms with Gasteiger partial charge in [-0.15, -0.1) is 0 Å². The Morgan fingerprint density at radius 2 is 2.08 bits per heavy atom. The highest BCUT2D eigenvalue weighted by Crippen LogP contribution is 2.43. The van der Waals surface area contributed by atoms with Crippen molar-refractivity contribution in [1.82, 2.24) is 19.9 Å². The number of amides is 1. The zero-order valence-corrected chi connectivity index (χ0v) is 13.9. The van der Waals surface area contributed by atoms with E-state index in [-0.39, 0.29) is 12.5 Å². The highest BCUT2D eigenvalue weighted by atomic mass is 16.5. The molecule has 4 rings (SSSR count). The van der Waals surface area contributed by atoms with Crippen molar-refractivity contribution in [3.05, 3.63) is 23.0 Å². The molecule has 7 heteroatoms. The summed E-state index contributed by atoms with van der Waals surface area (Å²) in [6.07, 6.45) is 2.20. The third kappa shape index (κ3) is 2.78. The first-order valence-corrected chi connectivity index (χ1v) is 8.57. The number of rotatable bonds is 4. The molecule has 3 heterocycles. The van der Waals surface area contributed by atoms with E-state index < -0.39 is 0 Å². The van der Waals surface area contributed by atoms with Gasteiger partial charge in [-0.3, -0.25) is 9.69 Å². The number of carbonyl (C=O) groups is 1. The molecule has 1 N–H and O–H groups in total. The fourth-order valence-electron chi connectivity index (χ4n) is 3.39. The molecule has 0 atom stereocenters. The summed E-state index contributed by atoms with van der Waals surface area (Å²) in [5.41, 5.74) is 2.79. The predicted molar refractivity (Wildman–Crippen MR) is 87.9 cm³/mol. The highest BCUT2D eigenvalue weighted by Gasteiger charge is 2.33. The summed E-state index contributed by atoms with van der Waals surface area (Å²) >= 11 is 0. The predicted octanol–water partition coefficient (Wildman–Crippen LogP) is 1.16. The van der Waals surface area contributed by atoms with Gasteiger partial charge in [-0.2, -0.15) is 0 Å². The second-order valence-electron chi connectivity index (χ2n) is 6.69. The first kappa shape index (κ1) is 15.5. The molecule has 0 aromatic carbocycles. The van der Waals surface area contributed by atoms with Crippen LogP contribution in [0.3, 0.4) is 0 Å². The zero-order valence-electron chi connectivity index (χ0n) is 13.9. The van der Waals surface area contributed by atoms with Gasteiger partial charge in [-0.1, -0.05) is 5.16 Å². The molecule has 2 aromatic heterocycles. The quantitative estimate of drug-likeness (QED) is 0.906. The van der Waals surface area contributed by atoms with Crippen LogP contribution in [0.1, 0.15) is 40.5 Å². The minimum Gasteiger partial charge on any atom is -0.395 e. The molecule has 24 heavy (non-hydrogen) atoms. The van der Waals surface area contributed by atoms with Crippen LogP contribution in [-0.2, 0) is 0 Å². The van der Waals surface area contributed by atoms with Gasteiger partial charge in [0, 0.05) is 44.3 Å². The Kier molecular flexibility index (Phi) is 3.97. The summed E-state index contributed by atoms with van der Waals surface area (Å²) in [5.74, 6) is 0.433. The van der Waals surface area contributed by atoms with Gasteiger partial charge in [0.05, 0.1) is 23.3 Å². The van der Waals surface area contributed by atoms with E-state index >= 15 is 0 Å². The van der Waals surface area contributed by atoms with Crippen LogP contribution in [0.2, 0.25) is 0 Å². The molecular weight excluding hydrogens is 308 g/mol. The molecule has 1 aliphatic carbocycles. The van der Waals surface area contributed by atoms with Crippen LogP contribution < -0.4 is 0 Å². The van der Waals surface area contributed by atoms with Crippen LogP contribution in [0.15, 0.2) is 10.6 Å². The van der Waals surface area contributed by atoms with E-state index in [1.807, 2.05) is 17.9 Å². The van der Waals surface area contributed by atoms with Gasteiger partial charge in [0.25, 0.3) is 11.6 Å². The fraction of sp³-hybridized carbons (Fsp3) is 0.588. The van der Waals surface area contributed by atoms with Crippen molar-refractivity contribution in [2.75, 3.05) is 39.3 Å². The molecule has 7 nitrogen and oxygen atoms in total. The van der Waals surface area contributed by atoms with Crippen LogP contribution >= 0.6 is 0 Å². The lowest BCUT2D eigenvalue weighted by atomic mass is 10.1. The maximum Gasteiger partial charge on any atom is 0.259 e. The molecule has 1 amide bonds. The molecule has 2 aliphatic rings. The smallest absolute Gasteiger partial charge is 0.259 e. The molecule has 2 aromatic rings. The number of nitrogens with zero attached hydrogens (tertiary/aromatic N) is 4. The maximum absolute atomic E-state index is 13.1. The number of hydrogen-bond acceptors (Lipinski definition) is 6. The normalized spacial score (nSPS) is 19.2. The molecule has 128 valence electrons. The van der Waals surface area contributed by atoms with Gasteiger partial charge in [0.1, 0.15) is 0 Å². The van der Waals surface area contributed by atoms with Crippen LogP contribution in [0.25, 0.3) is 11.1 Å². The standard InChI is InChI=1S/C17H22N4O3/c1-11-10-13(14-15(12-2-3-12)19-24-16(14)18-11)17(23)21-6-4-20(5-7-21)8-9-22/h10,12,22H,2-9H2,1H3. The summed E-state index contributed by atoms with van der Waals surface area (Å²) in [6.45, 7) is 5.62. The van der Waals surface area contributed by atoms with Gasteiger partial charge in [-0.05, 0) is 25.8 Å². The van der Waals surface area contributed by atoms with Gasteiger partial charge >= 0.3 is 0 Å². The lowest BCUT2D eigenvalue weighted by Crippen LogP contribution is -2.49. The van der Waals surface area contributed by atoms with E-state index in [2.05, 4.69) is 15.0 Å². The Bertz CT molecular complexity index is 761. The Hall–Kier alpha value is -1.99. The second kappa shape index (κ2) is 6.14. The molecule has 0 spiro atoms. The lowest BCUT2D eigenvalue weighted by Gasteiger charge is -2.34. The number of β-amino-alcohol motifs (C(OH)–C–C–N with tert-alkyl or cyclic N) is 1. The van der Waals surface area contributed by atoms with Crippen molar-refractivity contribution in [3.8, 4) is 0 Å². The molecule has 0 bridgehead atoms. The van der Waals surface area contributed by atoms with E-state index in [9.17, 15) is 4.79 Å². The highest BCUT2D eigenvalue weighted by molar-refractivity contribution is 6.06. The number of piperazine rings is 1. The number of aliphatic hydroxyl groups is 1. The summed E-state index contributed by atoms with van der Waals surface area (Å²) < 4.78 is 5.39. The van der Waals surface area contributed by atoms with Crippen LogP contribution in [0, 0.1) is 6.92 Å². The molecule has 2 fully saturated rings. The van der Waals surface area contributed by atoms with Crippen molar-refractivity contribution in [1.29, 1.82) is 0 Å². The van der Waals surface area contributed by atoms with Gasteiger partial charge in [0.2, 0.25) is 0 Å². The summed E-state index contributed by atoms with van der Waals surface area (Å²) in [6, 6.07) is 1.86. The van der Waals surface area contributed by atoms with E-state index in [0.717, 1.165) is 42.7 Å². The summed E-state index contributed by atoms with van der Waals surface area (Å²) in [7, 11) is 0. The van der Waals surface area contributed by atoms with Crippen molar-refractivity contribution in [2.45, 2.75) is 25.7 Å². The number of aryl methyl sites for hydroxylation is 1. The van der Waals surface area contributed by atoms with E-state index in [1.54, 1.807) is 0 Å². The topological polar surface area (TPSA) is 82.7 Å². The fourth-order valence-corrected chi connectivity index (χ4v) is 3.39. The Labute approximate surface area is 140 Å². The maximum atomic E-state index is 13.1. The summed E-state index contributed by atoms with van der Waals surface area (Å²) in [5, 5.41) is 14.0. The minimum atomic E-state index is 0.0271. The largest absolute Gasteiger partial charge is 0.395 e. The lowest BCUT2D eigenvalue weighted by molar-refractivity contribution is 0.0616. The Morgan fingerprint density at radius 1 is 1.33 bits per heavy atom. The number of hydrogen-bond donors (Lipinski definition) is 1. The number of aliphatic hydroxyl groups excluding tert-OH is 1. The van der Waals surface area contributed by atoms with Crippen molar-refractivity contribution in [3.63, 3.8) is 0 Å². The average Bonchev–Trinajstić information content (AvgIpc) is 3.34. The first-order valence-electron chi connectivity index (χ1n) is 8.57. The third-order valence-corrected chi connectivity index (χ3v) is 4.87. The average molecular weight is 330 g/mol. The van der Waals surface area contributed by atoms with Crippen molar-refractivity contribution in [2.24, 2.45) is 0 Å². The molecule has 1 saturated heterocycles. The monoisotopic (exact) mass is 330 g/mol. The Morgan fingerprint density at radius 3 is 2.75 bits per heavy atom.